The number of halogens is 1. The average molecular weight is 273 g/mol. The maximum Gasteiger partial charge on any atom is 0.253 e. The second-order valence-corrected chi connectivity index (χ2v) is 4.53. The Morgan fingerprint density at radius 1 is 1.35 bits per heavy atom. The smallest absolute Gasteiger partial charge is 0.253 e. The summed E-state index contributed by atoms with van der Waals surface area (Å²) in [5.41, 5.74) is 6.75. The standard InChI is InChI=1S/C15H16FN3O/c1-19(9-7-12-4-2-3-8-18-12)15(20)11-5-6-13(16)14(17)10-11/h2-6,8,10H,7,9,17H2,1H3. The van der Waals surface area contributed by atoms with Crippen LogP contribution in [0.4, 0.5) is 10.1 Å². The molecule has 0 aliphatic carbocycles. The van der Waals surface area contributed by atoms with E-state index in [4.69, 9.17) is 5.73 Å². The van der Waals surface area contributed by atoms with Crippen LogP contribution in [0.5, 0.6) is 0 Å². The zero-order valence-corrected chi connectivity index (χ0v) is 11.2. The maximum absolute atomic E-state index is 13.1. The Kier molecular flexibility index (Phi) is 4.30. The molecule has 0 atom stereocenters. The molecule has 1 aromatic heterocycles. The van der Waals surface area contributed by atoms with E-state index in [1.165, 1.54) is 18.2 Å². The molecule has 0 radical (unpaired) electrons. The second kappa shape index (κ2) is 6.14. The van der Waals surface area contributed by atoms with E-state index >= 15 is 0 Å². The third-order valence-corrected chi connectivity index (χ3v) is 3.02. The molecule has 2 N–H and O–H groups in total. The Bertz CT molecular complexity index is 601. The number of aromatic nitrogens is 1. The fraction of sp³-hybridized carbons (Fsp3) is 0.200. The Morgan fingerprint density at radius 3 is 2.80 bits per heavy atom. The van der Waals surface area contributed by atoms with Gasteiger partial charge in [-0.25, -0.2) is 4.39 Å². The average Bonchev–Trinajstić information content (AvgIpc) is 2.48. The molecule has 5 heteroatoms. The Hall–Kier alpha value is -2.43. The summed E-state index contributed by atoms with van der Waals surface area (Å²) in [6.07, 6.45) is 2.39. The van der Waals surface area contributed by atoms with E-state index in [-0.39, 0.29) is 11.6 Å². The van der Waals surface area contributed by atoms with E-state index in [1.807, 2.05) is 18.2 Å². The molecule has 20 heavy (non-hydrogen) atoms. The van der Waals surface area contributed by atoms with Gasteiger partial charge in [0.2, 0.25) is 0 Å². The lowest BCUT2D eigenvalue weighted by molar-refractivity contribution is 0.0796. The van der Waals surface area contributed by atoms with Crippen LogP contribution in [0.25, 0.3) is 0 Å². The third-order valence-electron chi connectivity index (χ3n) is 3.02. The van der Waals surface area contributed by atoms with Crippen molar-refractivity contribution in [2.75, 3.05) is 19.3 Å². The van der Waals surface area contributed by atoms with E-state index in [0.717, 1.165) is 5.69 Å². The number of likely N-dealkylation sites (N-methyl/N-ethyl adjacent to an activating group) is 1. The van der Waals surface area contributed by atoms with Crippen LogP contribution in [0.2, 0.25) is 0 Å². The molecule has 0 aliphatic heterocycles. The monoisotopic (exact) mass is 273 g/mol. The molecule has 2 rings (SSSR count). The number of carbonyl (C=O) groups is 1. The lowest BCUT2D eigenvalue weighted by Crippen LogP contribution is -2.29. The highest BCUT2D eigenvalue weighted by Gasteiger charge is 2.13. The molecule has 0 spiro atoms. The summed E-state index contributed by atoms with van der Waals surface area (Å²) in [4.78, 5) is 17.9. The first-order valence-corrected chi connectivity index (χ1v) is 6.28. The van der Waals surface area contributed by atoms with Crippen LogP contribution in [0.3, 0.4) is 0 Å². The van der Waals surface area contributed by atoms with Gasteiger partial charge >= 0.3 is 0 Å². The first kappa shape index (κ1) is 14.0. The van der Waals surface area contributed by atoms with Crippen LogP contribution in [0, 0.1) is 5.82 Å². The van der Waals surface area contributed by atoms with Crippen LogP contribution in [0.15, 0.2) is 42.6 Å². The molecule has 0 aliphatic rings. The second-order valence-electron chi connectivity index (χ2n) is 4.53. The number of anilines is 1. The van der Waals surface area contributed by atoms with Crippen molar-refractivity contribution in [3.8, 4) is 0 Å². The number of amides is 1. The lowest BCUT2D eigenvalue weighted by Gasteiger charge is -2.17. The number of hydrogen-bond acceptors (Lipinski definition) is 3. The first-order chi connectivity index (χ1) is 9.58. The van der Waals surface area contributed by atoms with Crippen LogP contribution in [0.1, 0.15) is 16.1 Å². The molecule has 1 aromatic carbocycles. The van der Waals surface area contributed by atoms with Crippen molar-refractivity contribution in [2.24, 2.45) is 0 Å². The molecular formula is C15H16FN3O. The Balaban J connectivity index is 1.99. The number of nitrogen functional groups attached to an aromatic ring is 1. The van der Waals surface area contributed by atoms with Crippen molar-refractivity contribution in [3.63, 3.8) is 0 Å². The van der Waals surface area contributed by atoms with Crippen molar-refractivity contribution in [1.82, 2.24) is 9.88 Å². The normalized spacial score (nSPS) is 10.3. The third kappa shape index (κ3) is 3.32. The molecule has 0 saturated heterocycles. The number of carbonyl (C=O) groups excluding carboxylic acids is 1. The highest BCUT2D eigenvalue weighted by molar-refractivity contribution is 5.94. The summed E-state index contributed by atoms with van der Waals surface area (Å²) in [6.45, 7) is 0.535. The van der Waals surface area contributed by atoms with E-state index in [9.17, 15) is 9.18 Å². The minimum Gasteiger partial charge on any atom is -0.396 e. The van der Waals surface area contributed by atoms with Gasteiger partial charge in [-0.15, -0.1) is 0 Å². The molecule has 0 fully saturated rings. The SMILES string of the molecule is CN(CCc1ccccn1)C(=O)c1ccc(F)c(N)c1. The summed E-state index contributed by atoms with van der Waals surface area (Å²) in [6, 6.07) is 9.66. The van der Waals surface area contributed by atoms with Gasteiger partial charge in [0.1, 0.15) is 5.82 Å². The van der Waals surface area contributed by atoms with E-state index < -0.39 is 5.82 Å². The van der Waals surface area contributed by atoms with Gasteiger partial charge in [-0.1, -0.05) is 6.07 Å². The van der Waals surface area contributed by atoms with Gasteiger partial charge in [0.15, 0.2) is 0 Å². The molecule has 0 unspecified atom stereocenters. The fourth-order valence-electron chi connectivity index (χ4n) is 1.83. The molecule has 2 aromatic rings. The van der Waals surface area contributed by atoms with Crippen molar-refractivity contribution in [3.05, 3.63) is 59.7 Å². The van der Waals surface area contributed by atoms with Crippen LogP contribution < -0.4 is 5.73 Å². The molecule has 1 heterocycles. The van der Waals surface area contributed by atoms with Gasteiger partial charge in [-0.3, -0.25) is 9.78 Å². The lowest BCUT2D eigenvalue weighted by atomic mass is 10.1. The minimum absolute atomic E-state index is 0.0195. The topological polar surface area (TPSA) is 59.2 Å². The largest absolute Gasteiger partial charge is 0.396 e. The quantitative estimate of drug-likeness (QED) is 0.868. The minimum atomic E-state index is -0.516. The highest BCUT2D eigenvalue weighted by Crippen LogP contribution is 2.13. The van der Waals surface area contributed by atoms with Crippen LogP contribution in [-0.2, 0) is 6.42 Å². The van der Waals surface area contributed by atoms with E-state index in [0.29, 0.717) is 18.5 Å². The van der Waals surface area contributed by atoms with Gasteiger partial charge in [-0.2, -0.15) is 0 Å². The van der Waals surface area contributed by atoms with Crippen LogP contribution >= 0.6 is 0 Å². The number of nitrogens with zero attached hydrogens (tertiary/aromatic N) is 2. The first-order valence-electron chi connectivity index (χ1n) is 6.28. The predicted molar refractivity (Wildman–Crippen MR) is 75.7 cm³/mol. The molecule has 0 saturated carbocycles. The number of nitrogens with two attached hydrogens (primary N) is 1. The number of pyridine rings is 1. The van der Waals surface area contributed by atoms with Crippen molar-refractivity contribution < 1.29 is 9.18 Å². The van der Waals surface area contributed by atoms with E-state index in [2.05, 4.69) is 4.98 Å². The Morgan fingerprint density at radius 2 is 2.15 bits per heavy atom. The molecule has 4 nitrogen and oxygen atoms in total. The highest BCUT2D eigenvalue weighted by atomic mass is 19.1. The number of rotatable bonds is 4. The summed E-state index contributed by atoms with van der Waals surface area (Å²) in [7, 11) is 1.70. The van der Waals surface area contributed by atoms with Gasteiger partial charge in [0, 0.05) is 37.5 Å². The predicted octanol–water partition coefficient (Wildman–Crippen LogP) is 2.12. The van der Waals surface area contributed by atoms with Gasteiger partial charge in [0.25, 0.3) is 5.91 Å². The van der Waals surface area contributed by atoms with Crippen molar-refractivity contribution in [1.29, 1.82) is 0 Å². The van der Waals surface area contributed by atoms with Crippen molar-refractivity contribution >= 4 is 11.6 Å². The maximum atomic E-state index is 13.1. The number of hydrogen-bond donors (Lipinski definition) is 1. The van der Waals surface area contributed by atoms with Gasteiger partial charge in [0.05, 0.1) is 5.69 Å². The molecule has 104 valence electrons. The summed E-state index contributed by atoms with van der Waals surface area (Å²) < 4.78 is 13.1. The van der Waals surface area contributed by atoms with Gasteiger partial charge < -0.3 is 10.6 Å². The fourth-order valence-corrected chi connectivity index (χ4v) is 1.83. The zero-order valence-electron chi connectivity index (χ0n) is 11.2. The van der Waals surface area contributed by atoms with Crippen molar-refractivity contribution in [2.45, 2.75) is 6.42 Å². The summed E-state index contributed by atoms with van der Waals surface area (Å²) in [5.74, 6) is -0.703. The summed E-state index contributed by atoms with van der Waals surface area (Å²) in [5, 5.41) is 0. The zero-order chi connectivity index (χ0) is 14.5. The molecule has 1 amide bonds. The summed E-state index contributed by atoms with van der Waals surface area (Å²) >= 11 is 0. The van der Waals surface area contributed by atoms with Crippen LogP contribution in [-0.4, -0.2) is 29.4 Å². The van der Waals surface area contributed by atoms with E-state index in [1.54, 1.807) is 18.1 Å². The molecular weight excluding hydrogens is 257 g/mol. The van der Waals surface area contributed by atoms with Gasteiger partial charge in [-0.05, 0) is 30.3 Å². The number of benzene rings is 1. The molecule has 0 bridgehead atoms. The Labute approximate surface area is 117 Å².